The first kappa shape index (κ1) is 16.7. The number of rotatable bonds is 3. The Bertz CT molecular complexity index is 1230. The molecule has 2 aromatic carbocycles. The Hall–Kier alpha value is -2.71. The molecule has 0 aliphatic carbocycles. The van der Waals surface area contributed by atoms with Gasteiger partial charge < -0.3 is 0 Å². The monoisotopic (exact) mass is 383 g/mol. The van der Waals surface area contributed by atoms with Crippen LogP contribution in [-0.2, 0) is 7.05 Å². The van der Waals surface area contributed by atoms with Gasteiger partial charge >= 0.3 is 0 Å². The number of nitro groups is 1. The van der Waals surface area contributed by atoms with Crippen LogP contribution in [0.2, 0.25) is 0 Å². The topological polar surface area (TPSA) is 78.0 Å². The molecule has 0 aliphatic rings. The first-order valence-electron chi connectivity index (χ1n) is 7.77. The number of benzene rings is 2. The normalized spacial score (nSPS) is 11.3. The Balaban J connectivity index is 2.08. The predicted octanol–water partition coefficient (Wildman–Crippen LogP) is 4.52. The summed E-state index contributed by atoms with van der Waals surface area (Å²) in [5.41, 5.74) is 0.488. The minimum atomic E-state index is -0.407. The molecule has 0 saturated carbocycles. The number of aromatic nitrogens is 2. The van der Waals surface area contributed by atoms with Crippen molar-refractivity contribution in [3.63, 3.8) is 0 Å². The fraction of sp³-hybridized carbons (Fsp3) is 0.111. The minimum Gasteiger partial charge on any atom is -0.299 e. The summed E-state index contributed by atoms with van der Waals surface area (Å²) in [6.45, 7) is 1.78. The van der Waals surface area contributed by atoms with Crippen molar-refractivity contribution in [2.24, 2.45) is 7.05 Å². The Kier molecular flexibility index (Phi) is 4.01. The maximum Gasteiger partial charge on any atom is 0.272 e. The van der Waals surface area contributed by atoms with E-state index in [1.165, 1.54) is 33.7 Å². The summed E-state index contributed by atoms with van der Waals surface area (Å²) in [4.78, 5) is 29.8. The van der Waals surface area contributed by atoms with Crippen molar-refractivity contribution in [2.75, 3.05) is 0 Å². The summed E-state index contributed by atoms with van der Waals surface area (Å²) >= 11 is 2.69. The number of thiophene rings is 1. The number of hydrogen-bond donors (Lipinski definition) is 0. The molecule has 6 nitrogen and oxygen atoms in total. The van der Waals surface area contributed by atoms with Crippen LogP contribution < -0.4 is 5.56 Å². The molecule has 26 heavy (non-hydrogen) atoms. The molecule has 0 bridgehead atoms. The summed E-state index contributed by atoms with van der Waals surface area (Å²) < 4.78 is 2.71. The van der Waals surface area contributed by atoms with Crippen LogP contribution in [0.25, 0.3) is 20.3 Å². The molecule has 0 fully saturated rings. The van der Waals surface area contributed by atoms with E-state index in [-0.39, 0.29) is 11.2 Å². The van der Waals surface area contributed by atoms with Crippen molar-refractivity contribution in [2.45, 2.75) is 16.7 Å². The third kappa shape index (κ3) is 2.67. The summed E-state index contributed by atoms with van der Waals surface area (Å²) in [6.07, 6.45) is 0. The maximum atomic E-state index is 12.6. The second kappa shape index (κ2) is 6.22. The molecule has 0 aliphatic heterocycles. The molecular weight excluding hydrogens is 370 g/mol. The maximum absolute atomic E-state index is 12.6. The third-order valence-corrected chi connectivity index (χ3v) is 6.32. The zero-order valence-electron chi connectivity index (χ0n) is 13.9. The van der Waals surface area contributed by atoms with Crippen LogP contribution in [0.3, 0.4) is 0 Å². The largest absolute Gasteiger partial charge is 0.299 e. The van der Waals surface area contributed by atoms with Crippen LogP contribution in [0.15, 0.2) is 57.1 Å². The predicted molar refractivity (Wildman–Crippen MR) is 104 cm³/mol. The summed E-state index contributed by atoms with van der Waals surface area (Å²) in [5, 5.41) is 12.2. The van der Waals surface area contributed by atoms with E-state index in [1.807, 2.05) is 30.3 Å². The molecule has 0 unspecified atom stereocenters. The van der Waals surface area contributed by atoms with Gasteiger partial charge in [0.25, 0.3) is 11.2 Å². The summed E-state index contributed by atoms with van der Waals surface area (Å²) in [5.74, 6) is 0.608. The van der Waals surface area contributed by atoms with E-state index in [0.717, 1.165) is 15.2 Å². The molecule has 4 rings (SSSR count). The Morgan fingerprint density at radius 1 is 1.23 bits per heavy atom. The van der Waals surface area contributed by atoms with Crippen molar-refractivity contribution in [3.05, 3.63) is 68.8 Å². The Labute approximate surface area is 156 Å². The van der Waals surface area contributed by atoms with Crippen LogP contribution in [0.1, 0.15) is 5.82 Å². The summed E-state index contributed by atoms with van der Waals surface area (Å²) in [6, 6.07) is 12.7. The Morgan fingerprint density at radius 2 is 1.96 bits per heavy atom. The number of hydrogen-bond acceptors (Lipinski definition) is 6. The van der Waals surface area contributed by atoms with Crippen LogP contribution in [0.5, 0.6) is 0 Å². The standard InChI is InChI=1S/C18H13N3O3S2/c1-10-19-16-15-13(25-12-6-4-3-5-7-12)8-11(21(23)24)9-14(15)26-17(16)18(22)20(10)2/h3-9H,1-2H3. The molecule has 130 valence electrons. The van der Waals surface area contributed by atoms with E-state index < -0.39 is 4.92 Å². The highest BCUT2D eigenvalue weighted by Gasteiger charge is 2.20. The minimum absolute atomic E-state index is 0.0102. The second-order valence-corrected chi connectivity index (χ2v) is 7.96. The molecule has 0 N–H and O–H groups in total. The number of nitrogens with zero attached hydrogens (tertiary/aromatic N) is 3. The van der Waals surface area contributed by atoms with Crippen molar-refractivity contribution in [1.29, 1.82) is 0 Å². The van der Waals surface area contributed by atoms with Crippen molar-refractivity contribution >= 4 is 49.1 Å². The lowest BCUT2D eigenvalue weighted by Gasteiger charge is -2.06. The average molecular weight is 383 g/mol. The van der Waals surface area contributed by atoms with Gasteiger partial charge in [-0.15, -0.1) is 11.3 Å². The molecule has 2 heterocycles. The van der Waals surface area contributed by atoms with Crippen molar-refractivity contribution in [3.8, 4) is 0 Å². The molecule has 0 radical (unpaired) electrons. The average Bonchev–Trinajstić information content (AvgIpc) is 2.99. The van der Waals surface area contributed by atoms with E-state index in [9.17, 15) is 14.9 Å². The smallest absolute Gasteiger partial charge is 0.272 e. The van der Waals surface area contributed by atoms with E-state index in [1.54, 1.807) is 20.0 Å². The highest BCUT2D eigenvalue weighted by molar-refractivity contribution is 7.99. The molecule has 2 aromatic heterocycles. The lowest BCUT2D eigenvalue weighted by molar-refractivity contribution is -0.384. The fourth-order valence-corrected chi connectivity index (χ4v) is 5.03. The highest BCUT2D eigenvalue weighted by atomic mass is 32.2. The number of non-ortho nitro benzene ring substituents is 1. The lowest BCUT2D eigenvalue weighted by Crippen LogP contribution is -2.19. The number of aryl methyl sites for hydroxylation is 1. The first-order valence-corrected chi connectivity index (χ1v) is 9.40. The van der Waals surface area contributed by atoms with Crippen LogP contribution in [0, 0.1) is 17.0 Å². The van der Waals surface area contributed by atoms with Gasteiger partial charge in [-0.25, -0.2) is 4.98 Å². The van der Waals surface area contributed by atoms with Gasteiger partial charge in [-0.1, -0.05) is 30.0 Å². The van der Waals surface area contributed by atoms with Gasteiger partial charge in [0.15, 0.2) is 0 Å². The second-order valence-electron chi connectivity index (χ2n) is 5.79. The number of fused-ring (bicyclic) bond motifs is 3. The molecule has 4 aromatic rings. The van der Waals surface area contributed by atoms with Gasteiger partial charge in [0.05, 0.1) is 10.4 Å². The quantitative estimate of drug-likeness (QED) is 0.384. The van der Waals surface area contributed by atoms with E-state index in [4.69, 9.17) is 0 Å². The van der Waals surface area contributed by atoms with E-state index in [0.29, 0.717) is 20.7 Å². The Morgan fingerprint density at radius 3 is 2.65 bits per heavy atom. The van der Waals surface area contributed by atoms with Crippen molar-refractivity contribution in [1.82, 2.24) is 9.55 Å². The third-order valence-electron chi connectivity index (χ3n) is 4.15. The van der Waals surface area contributed by atoms with Gasteiger partial charge in [0, 0.05) is 39.1 Å². The van der Waals surface area contributed by atoms with E-state index >= 15 is 0 Å². The SMILES string of the molecule is Cc1nc2c(sc3cc([N+](=O)[O-])cc(Sc4ccccc4)c32)c(=O)n1C. The zero-order valence-corrected chi connectivity index (χ0v) is 15.6. The van der Waals surface area contributed by atoms with Gasteiger partial charge in [-0.2, -0.15) is 0 Å². The molecular formula is C18H13N3O3S2. The van der Waals surface area contributed by atoms with Gasteiger partial charge in [0.1, 0.15) is 10.5 Å². The van der Waals surface area contributed by atoms with E-state index in [2.05, 4.69) is 4.98 Å². The zero-order chi connectivity index (χ0) is 18.4. The number of nitro benzene ring substituents is 1. The van der Waals surface area contributed by atoms with Gasteiger partial charge in [-0.3, -0.25) is 19.5 Å². The molecule has 0 spiro atoms. The fourth-order valence-electron chi connectivity index (χ4n) is 2.75. The van der Waals surface area contributed by atoms with Crippen molar-refractivity contribution < 1.29 is 4.92 Å². The van der Waals surface area contributed by atoms with Gasteiger partial charge in [-0.05, 0) is 19.1 Å². The van der Waals surface area contributed by atoms with Crippen LogP contribution in [-0.4, -0.2) is 14.5 Å². The highest BCUT2D eigenvalue weighted by Crippen LogP contribution is 2.42. The molecule has 0 saturated heterocycles. The lowest BCUT2D eigenvalue weighted by atomic mass is 10.2. The van der Waals surface area contributed by atoms with Gasteiger partial charge in [0.2, 0.25) is 0 Å². The first-order chi connectivity index (χ1) is 12.5. The molecule has 0 amide bonds. The molecule has 8 heteroatoms. The van der Waals surface area contributed by atoms with Crippen LogP contribution in [0.4, 0.5) is 5.69 Å². The summed E-state index contributed by atoms with van der Waals surface area (Å²) in [7, 11) is 1.68. The molecule has 0 atom stereocenters. The van der Waals surface area contributed by atoms with Crippen LogP contribution >= 0.6 is 23.1 Å².